The number of nitrogens with one attached hydrogen (secondary N) is 2. The predicted octanol–water partition coefficient (Wildman–Crippen LogP) is 2.58. The average Bonchev–Trinajstić information content (AvgIpc) is 2.67. The second-order valence-electron chi connectivity index (χ2n) is 6.11. The van der Waals surface area contributed by atoms with Crippen molar-refractivity contribution in [2.24, 2.45) is 0 Å². The molecule has 1 aromatic carbocycles. The Labute approximate surface area is 159 Å². The van der Waals surface area contributed by atoms with Crippen LogP contribution in [0, 0.1) is 12.7 Å². The van der Waals surface area contributed by atoms with Gasteiger partial charge in [0, 0.05) is 23.5 Å². The van der Waals surface area contributed by atoms with Crippen LogP contribution in [-0.2, 0) is 11.3 Å². The van der Waals surface area contributed by atoms with Crippen LogP contribution in [0.25, 0.3) is 0 Å². The molecule has 142 valence electrons. The molecule has 0 spiro atoms. The van der Waals surface area contributed by atoms with Crippen LogP contribution in [0.4, 0.5) is 15.9 Å². The van der Waals surface area contributed by atoms with Gasteiger partial charge in [0.05, 0.1) is 6.20 Å². The molecular weight excluding hydrogens is 363 g/mol. The lowest BCUT2D eigenvalue weighted by Gasteiger charge is -2.09. The Bertz CT molecular complexity index is 1060. The summed E-state index contributed by atoms with van der Waals surface area (Å²) in [5.74, 6) is -1.04. The third-order valence-corrected chi connectivity index (χ3v) is 3.85. The summed E-state index contributed by atoms with van der Waals surface area (Å²) in [6.45, 7) is 1.72. The van der Waals surface area contributed by atoms with E-state index >= 15 is 0 Å². The molecule has 8 heteroatoms. The molecule has 7 nitrogen and oxygen atoms in total. The number of benzene rings is 1. The van der Waals surface area contributed by atoms with Crippen molar-refractivity contribution >= 4 is 23.3 Å². The van der Waals surface area contributed by atoms with E-state index in [1.807, 2.05) is 6.92 Å². The second kappa shape index (κ2) is 8.26. The zero-order valence-electron chi connectivity index (χ0n) is 15.0. The fourth-order valence-corrected chi connectivity index (χ4v) is 2.47. The molecule has 2 aromatic heterocycles. The first kappa shape index (κ1) is 19.0. The Morgan fingerprint density at radius 2 is 1.79 bits per heavy atom. The smallest absolute Gasteiger partial charge is 0.256 e. The van der Waals surface area contributed by atoms with Crippen molar-refractivity contribution in [3.63, 3.8) is 0 Å². The number of halogens is 1. The van der Waals surface area contributed by atoms with Crippen molar-refractivity contribution in [1.29, 1.82) is 0 Å². The largest absolute Gasteiger partial charge is 0.325 e. The van der Waals surface area contributed by atoms with Gasteiger partial charge in [-0.1, -0.05) is 6.07 Å². The number of carbonyl (C=O) groups is 2. The minimum Gasteiger partial charge on any atom is -0.325 e. The van der Waals surface area contributed by atoms with Gasteiger partial charge in [0.15, 0.2) is 0 Å². The first-order chi connectivity index (χ1) is 13.4. The maximum absolute atomic E-state index is 12.8. The molecule has 28 heavy (non-hydrogen) atoms. The summed E-state index contributed by atoms with van der Waals surface area (Å²) in [7, 11) is 0. The SMILES string of the molecule is Cc1ccc(=O)n(CC(=O)Nc2ccc(C(=O)Nc3ccc(F)cn3)cc2)c1. The highest BCUT2D eigenvalue weighted by Gasteiger charge is 2.09. The third-order valence-electron chi connectivity index (χ3n) is 3.85. The van der Waals surface area contributed by atoms with Crippen LogP contribution >= 0.6 is 0 Å². The number of hydrogen-bond acceptors (Lipinski definition) is 4. The molecule has 0 fully saturated rings. The van der Waals surface area contributed by atoms with E-state index in [-0.39, 0.29) is 23.8 Å². The quantitative estimate of drug-likeness (QED) is 0.712. The van der Waals surface area contributed by atoms with E-state index in [9.17, 15) is 18.8 Å². The molecule has 3 aromatic rings. The minimum atomic E-state index is -0.494. The maximum Gasteiger partial charge on any atom is 0.256 e. The molecule has 0 saturated carbocycles. The lowest BCUT2D eigenvalue weighted by atomic mass is 10.2. The van der Waals surface area contributed by atoms with Crippen LogP contribution < -0.4 is 16.2 Å². The molecule has 0 atom stereocenters. The summed E-state index contributed by atoms with van der Waals surface area (Å²) in [5.41, 5.74) is 1.45. The van der Waals surface area contributed by atoms with Crippen molar-refractivity contribution < 1.29 is 14.0 Å². The highest BCUT2D eigenvalue weighted by molar-refractivity contribution is 6.04. The second-order valence-corrected chi connectivity index (χ2v) is 6.11. The molecule has 0 aliphatic carbocycles. The van der Waals surface area contributed by atoms with E-state index in [0.717, 1.165) is 11.8 Å². The van der Waals surface area contributed by atoms with Crippen molar-refractivity contribution in [3.05, 3.63) is 88.2 Å². The number of aryl methyl sites for hydroxylation is 1. The highest BCUT2D eigenvalue weighted by atomic mass is 19.1. The van der Waals surface area contributed by atoms with Gasteiger partial charge in [-0.05, 0) is 48.9 Å². The monoisotopic (exact) mass is 380 g/mol. The normalized spacial score (nSPS) is 10.4. The van der Waals surface area contributed by atoms with Gasteiger partial charge in [-0.15, -0.1) is 0 Å². The first-order valence-corrected chi connectivity index (χ1v) is 8.40. The molecule has 0 aliphatic rings. The van der Waals surface area contributed by atoms with E-state index in [1.165, 1.54) is 34.9 Å². The minimum absolute atomic E-state index is 0.112. The summed E-state index contributed by atoms with van der Waals surface area (Å²) < 4.78 is 14.2. The summed E-state index contributed by atoms with van der Waals surface area (Å²) in [5, 5.41) is 5.22. The van der Waals surface area contributed by atoms with Crippen molar-refractivity contribution in [3.8, 4) is 0 Å². The van der Waals surface area contributed by atoms with Gasteiger partial charge in [0.2, 0.25) is 5.91 Å². The van der Waals surface area contributed by atoms with E-state index in [2.05, 4.69) is 15.6 Å². The fourth-order valence-electron chi connectivity index (χ4n) is 2.47. The topological polar surface area (TPSA) is 93.1 Å². The molecule has 2 N–H and O–H groups in total. The van der Waals surface area contributed by atoms with Crippen molar-refractivity contribution in [2.75, 3.05) is 10.6 Å². The summed E-state index contributed by atoms with van der Waals surface area (Å²) >= 11 is 0. The zero-order chi connectivity index (χ0) is 20.1. The van der Waals surface area contributed by atoms with Crippen molar-refractivity contribution in [2.45, 2.75) is 13.5 Å². The Morgan fingerprint density at radius 3 is 2.46 bits per heavy atom. The van der Waals surface area contributed by atoms with E-state index in [4.69, 9.17) is 0 Å². The number of nitrogens with zero attached hydrogens (tertiary/aromatic N) is 2. The standard InChI is InChI=1S/C20H17FN4O3/c1-13-2-9-19(27)25(11-13)12-18(26)23-16-6-3-14(4-7-16)20(28)24-17-8-5-15(21)10-22-17/h2-11H,12H2,1H3,(H,23,26)(H,22,24,28). The Morgan fingerprint density at radius 1 is 1.04 bits per heavy atom. The Hall–Kier alpha value is -3.81. The van der Waals surface area contributed by atoms with Gasteiger partial charge < -0.3 is 15.2 Å². The maximum atomic E-state index is 12.8. The van der Waals surface area contributed by atoms with Crippen LogP contribution in [-0.4, -0.2) is 21.4 Å². The number of rotatable bonds is 5. The van der Waals surface area contributed by atoms with Gasteiger partial charge in [-0.25, -0.2) is 9.37 Å². The Balaban J connectivity index is 1.61. The summed E-state index contributed by atoms with van der Waals surface area (Å²) in [6, 6.07) is 11.9. The van der Waals surface area contributed by atoms with Gasteiger partial charge in [0.1, 0.15) is 18.2 Å². The van der Waals surface area contributed by atoms with Gasteiger partial charge in [-0.3, -0.25) is 14.4 Å². The van der Waals surface area contributed by atoms with Crippen LogP contribution in [0.5, 0.6) is 0 Å². The molecule has 0 radical (unpaired) electrons. The molecule has 0 bridgehead atoms. The van der Waals surface area contributed by atoms with Crippen LogP contribution in [0.3, 0.4) is 0 Å². The molecule has 2 amide bonds. The summed E-state index contributed by atoms with van der Waals surface area (Å²) in [6.07, 6.45) is 2.62. The first-order valence-electron chi connectivity index (χ1n) is 8.40. The average molecular weight is 380 g/mol. The van der Waals surface area contributed by atoms with Crippen LogP contribution in [0.2, 0.25) is 0 Å². The van der Waals surface area contributed by atoms with Gasteiger partial charge >= 0.3 is 0 Å². The van der Waals surface area contributed by atoms with E-state index < -0.39 is 11.7 Å². The van der Waals surface area contributed by atoms with Gasteiger partial charge in [0.25, 0.3) is 11.5 Å². The predicted molar refractivity (Wildman–Crippen MR) is 103 cm³/mol. The number of aromatic nitrogens is 2. The van der Waals surface area contributed by atoms with Crippen molar-refractivity contribution in [1.82, 2.24) is 9.55 Å². The van der Waals surface area contributed by atoms with Gasteiger partial charge in [-0.2, -0.15) is 0 Å². The lowest BCUT2D eigenvalue weighted by Crippen LogP contribution is -2.26. The molecular formula is C20H17FN4O3. The summed E-state index contributed by atoms with van der Waals surface area (Å²) in [4.78, 5) is 39.8. The van der Waals surface area contributed by atoms with Crippen LogP contribution in [0.1, 0.15) is 15.9 Å². The van der Waals surface area contributed by atoms with E-state index in [1.54, 1.807) is 24.4 Å². The molecule has 2 heterocycles. The Kier molecular flexibility index (Phi) is 5.59. The molecule has 0 unspecified atom stereocenters. The number of hydrogen-bond donors (Lipinski definition) is 2. The molecule has 0 saturated heterocycles. The van der Waals surface area contributed by atoms with E-state index in [0.29, 0.717) is 11.3 Å². The third kappa shape index (κ3) is 4.88. The lowest BCUT2D eigenvalue weighted by molar-refractivity contribution is -0.116. The highest BCUT2D eigenvalue weighted by Crippen LogP contribution is 2.12. The number of carbonyl (C=O) groups excluding carboxylic acids is 2. The zero-order valence-corrected chi connectivity index (χ0v) is 15.0. The molecule has 3 rings (SSSR count). The fraction of sp³-hybridized carbons (Fsp3) is 0.100. The number of anilines is 2. The van der Waals surface area contributed by atoms with Crippen LogP contribution in [0.15, 0.2) is 65.7 Å². The number of amides is 2. The number of pyridine rings is 2. The molecule has 0 aliphatic heterocycles.